The lowest BCUT2D eigenvalue weighted by Gasteiger charge is -2.35. The Morgan fingerprint density at radius 2 is 0.741 bits per heavy atom. The molecule has 0 aromatic heterocycles. The number of rotatable bonds is 7. The first-order chi connectivity index (χ1) is 28.8. The summed E-state index contributed by atoms with van der Waals surface area (Å²) in [6.07, 6.45) is 0. The molecule has 0 radical (unpaired) electrons. The molecule has 10 aromatic carbocycles. The van der Waals surface area contributed by atoms with Crippen LogP contribution in [0.3, 0.4) is 0 Å². The minimum atomic E-state index is -0.534. The van der Waals surface area contributed by atoms with Gasteiger partial charge in [0.25, 0.3) is 0 Å². The molecule has 1 aliphatic rings. The maximum absolute atomic E-state index is 2.54. The summed E-state index contributed by atoms with van der Waals surface area (Å²) < 4.78 is 0. The first-order valence-corrected chi connectivity index (χ1v) is 20.1. The van der Waals surface area contributed by atoms with Crippen molar-refractivity contribution in [1.82, 2.24) is 0 Å². The maximum Gasteiger partial charge on any atom is 0.0714 e. The van der Waals surface area contributed by atoms with Crippen LogP contribution >= 0.6 is 0 Å². The van der Waals surface area contributed by atoms with E-state index in [0.29, 0.717) is 0 Å². The molecule has 0 N–H and O–H groups in total. The van der Waals surface area contributed by atoms with Gasteiger partial charge in [0.2, 0.25) is 0 Å². The predicted molar refractivity (Wildman–Crippen MR) is 244 cm³/mol. The summed E-state index contributed by atoms with van der Waals surface area (Å²) in [7, 11) is 0. The van der Waals surface area contributed by atoms with Gasteiger partial charge in [0.1, 0.15) is 0 Å². The van der Waals surface area contributed by atoms with Crippen molar-refractivity contribution in [2.75, 3.05) is 4.90 Å². The monoisotopic (exact) mass is 737 g/mol. The van der Waals surface area contributed by atoms with Crippen molar-refractivity contribution in [3.63, 3.8) is 0 Å². The number of hydrogen-bond acceptors (Lipinski definition) is 1. The van der Waals surface area contributed by atoms with E-state index in [0.717, 1.165) is 17.1 Å². The van der Waals surface area contributed by atoms with Crippen molar-refractivity contribution in [3.05, 3.63) is 259 Å². The van der Waals surface area contributed by atoms with Crippen molar-refractivity contribution >= 4 is 38.6 Å². The fourth-order valence-electron chi connectivity index (χ4n) is 9.69. The molecule has 0 unspecified atom stereocenters. The molecular formula is C57H39N. The van der Waals surface area contributed by atoms with Gasteiger partial charge >= 0.3 is 0 Å². The van der Waals surface area contributed by atoms with Gasteiger partial charge in [-0.1, -0.05) is 212 Å². The van der Waals surface area contributed by atoms with E-state index < -0.39 is 5.41 Å². The second kappa shape index (κ2) is 13.9. The molecule has 0 atom stereocenters. The lowest BCUT2D eigenvalue weighted by Crippen LogP contribution is -2.28. The molecule has 10 aromatic rings. The first kappa shape index (κ1) is 33.8. The summed E-state index contributed by atoms with van der Waals surface area (Å²) in [5, 5.41) is 4.86. The van der Waals surface area contributed by atoms with Crippen LogP contribution in [0.15, 0.2) is 237 Å². The summed E-state index contributed by atoms with van der Waals surface area (Å²) in [5.74, 6) is 0. The van der Waals surface area contributed by atoms with Crippen LogP contribution in [-0.4, -0.2) is 0 Å². The van der Waals surface area contributed by atoms with Crippen LogP contribution in [0.2, 0.25) is 0 Å². The zero-order valence-electron chi connectivity index (χ0n) is 32.0. The Kier molecular flexibility index (Phi) is 8.12. The highest BCUT2D eigenvalue weighted by molar-refractivity contribution is 6.10. The van der Waals surface area contributed by atoms with Crippen molar-refractivity contribution in [1.29, 1.82) is 0 Å². The summed E-state index contributed by atoms with van der Waals surface area (Å²) in [4.78, 5) is 2.54. The Balaban J connectivity index is 1.28. The fraction of sp³-hybridized carbons (Fsp3) is 0.0175. The minimum absolute atomic E-state index is 0.534. The van der Waals surface area contributed by atoms with Crippen molar-refractivity contribution in [2.24, 2.45) is 0 Å². The SMILES string of the molecule is c1ccc(-c2c(N(c3ccc4c(c3)C(c3ccccc3)(c3ccccc3)c3ccccc3-4)c3ccc4ccccc4c3-c3ccccc3)ccc3ccccc23)cc1. The quantitative estimate of drug-likeness (QED) is 0.157. The third-order valence-corrected chi connectivity index (χ3v) is 12.1. The van der Waals surface area contributed by atoms with Gasteiger partial charge in [-0.25, -0.2) is 0 Å². The molecule has 0 fully saturated rings. The van der Waals surface area contributed by atoms with Gasteiger partial charge in [-0.15, -0.1) is 0 Å². The van der Waals surface area contributed by atoms with Crippen LogP contribution in [0.4, 0.5) is 17.1 Å². The molecule has 0 aliphatic heterocycles. The molecule has 0 amide bonds. The molecule has 0 saturated carbocycles. The van der Waals surface area contributed by atoms with Gasteiger partial charge in [0.15, 0.2) is 0 Å². The second-order valence-corrected chi connectivity index (χ2v) is 15.2. The molecule has 1 heteroatoms. The largest absolute Gasteiger partial charge is 0.309 e. The Bertz CT molecular complexity index is 2930. The Morgan fingerprint density at radius 3 is 1.28 bits per heavy atom. The van der Waals surface area contributed by atoms with Gasteiger partial charge in [-0.2, -0.15) is 0 Å². The molecule has 1 nitrogen and oxygen atoms in total. The van der Waals surface area contributed by atoms with E-state index in [1.165, 1.54) is 77.2 Å². The van der Waals surface area contributed by atoms with Gasteiger partial charge < -0.3 is 4.90 Å². The smallest absolute Gasteiger partial charge is 0.0714 e. The predicted octanol–water partition coefficient (Wildman–Crippen LogP) is 15.2. The van der Waals surface area contributed by atoms with Crippen LogP contribution in [0.25, 0.3) is 54.9 Å². The highest BCUT2D eigenvalue weighted by atomic mass is 15.1. The molecular weight excluding hydrogens is 699 g/mol. The number of fused-ring (bicyclic) bond motifs is 5. The summed E-state index contributed by atoms with van der Waals surface area (Å²) in [6, 6.07) is 87.0. The zero-order chi connectivity index (χ0) is 38.5. The number of benzene rings is 10. The topological polar surface area (TPSA) is 3.24 Å². The fourth-order valence-corrected chi connectivity index (χ4v) is 9.69. The van der Waals surface area contributed by atoms with E-state index in [4.69, 9.17) is 0 Å². The lowest BCUT2D eigenvalue weighted by atomic mass is 9.67. The second-order valence-electron chi connectivity index (χ2n) is 15.2. The van der Waals surface area contributed by atoms with Crippen molar-refractivity contribution in [2.45, 2.75) is 5.41 Å². The average Bonchev–Trinajstić information content (AvgIpc) is 3.60. The minimum Gasteiger partial charge on any atom is -0.309 e. The zero-order valence-corrected chi connectivity index (χ0v) is 32.0. The van der Waals surface area contributed by atoms with E-state index in [1.54, 1.807) is 0 Å². The van der Waals surface area contributed by atoms with Gasteiger partial charge in [-0.3, -0.25) is 0 Å². The van der Waals surface area contributed by atoms with E-state index >= 15 is 0 Å². The standard InChI is InChI=1S/C57H39N/c1-5-21-42(22-6-1)55-47-29-15-13-19-40(47)33-37-53(55)58(54-38-34-41-20-14-16-30-48(41)56(54)43-23-7-2-8-24-43)46-35-36-50-49-31-17-18-32-51(49)57(52(50)39-46,44-25-9-3-10-26-44)45-27-11-4-12-28-45/h1-39H. The number of nitrogens with zero attached hydrogens (tertiary/aromatic N) is 1. The Hall–Kier alpha value is -7.48. The van der Waals surface area contributed by atoms with Gasteiger partial charge in [-0.05, 0) is 90.3 Å². The van der Waals surface area contributed by atoms with E-state index in [9.17, 15) is 0 Å². The van der Waals surface area contributed by atoms with Crippen LogP contribution < -0.4 is 4.90 Å². The van der Waals surface area contributed by atoms with Crippen molar-refractivity contribution < 1.29 is 0 Å². The summed E-state index contributed by atoms with van der Waals surface area (Å²) in [6.45, 7) is 0. The van der Waals surface area contributed by atoms with Gasteiger partial charge in [0.05, 0.1) is 16.8 Å². The highest BCUT2D eigenvalue weighted by Gasteiger charge is 2.46. The third-order valence-electron chi connectivity index (χ3n) is 12.1. The molecule has 11 rings (SSSR count). The summed E-state index contributed by atoms with van der Waals surface area (Å²) >= 11 is 0. The third kappa shape index (κ3) is 5.25. The molecule has 1 aliphatic carbocycles. The molecule has 0 saturated heterocycles. The van der Waals surface area contributed by atoms with Gasteiger partial charge in [0, 0.05) is 16.8 Å². The number of hydrogen-bond donors (Lipinski definition) is 0. The first-order valence-electron chi connectivity index (χ1n) is 20.1. The average molecular weight is 738 g/mol. The molecule has 0 spiro atoms. The normalized spacial score (nSPS) is 12.6. The number of anilines is 3. The maximum atomic E-state index is 2.54. The van der Waals surface area contributed by atoms with Crippen LogP contribution in [0.5, 0.6) is 0 Å². The van der Waals surface area contributed by atoms with Crippen LogP contribution in [0, 0.1) is 0 Å². The molecule has 58 heavy (non-hydrogen) atoms. The molecule has 0 bridgehead atoms. The molecule has 272 valence electrons. The summed E-state index contributed by atoms with van der Waals surface area (Å²) in [5.41, 5.74) is 15.2. The van der Waals surface area contributed by atoms with E-state index in [2.05, 4.69) is 241 Å². The van der Waals surface area contributed by atoms with Crippen molar-refractivity contribution in [3.8, 4) is 33.4 Å². The Morgan fingerprint density at radius 1 is 0.310 bits per heavy atom. The van der Waals surface area contributed by atoms with Crippen LogP contribution in [-0.2, 0) is 5.41 Å². The van der Waals surface area contributed by atoms with Crippen LogP contribution in [0.1, 0.15) is 22.3 Å². The van der Waals surface area contributed by atoms with E-state index in [-0.39, 0.29) is 0 Å². The molecule has 0 heterocycles. The lowest BCUT2D eigenvalue weighted by molar-refractivity contribution is 0.768. The Labute approximate surface area is 339 Å². The highest BCUT2D eigenvalue weighted by Crippen LogP contribution is 2.58. The van der Waals surface area contributed by atoms with E-state index in [1.807, 2.05) is 0 Å².